The van der Waals surface area contributed by atoms with Crippen molar-refractivity contribution in [3.8, 4) is 33.3 Å². The van der Waals surface area contributed by atoms with Gasteiger partial charge >= 0.3 is 5.97 Å². The zero-order valence-electron chi connectivity index (χ0n) is 21.6. The zero-order chi connectivity index (χ0) is 26.9. The Bertz CT molecular complexity index is 1530. The zero-order valence-corrected chi connectivity index (χ0v) is 23.2. The summed E-state index contributed by atoms with van der Waals surface area (Å²) in [7, 11) is -3.58. The Hall–Kier alpha value is -3.27. The molecule has 198 valence electrons. The largest absolute Gasteiger partial charge is 0.462 e. The molecule has 0 saturated carbocycles. The minimum Gasteiger partial charge on any atom is -0.462 e. The number of esters is 1. The lowest BCUT2D eigenvalue weighted by Gasteiger charge is -2.34. The number of carbonyl (C=O) groups excluding carboxylic acids is 1. The Labute approximate surface area is 227 Å². The van der Waals surface area contributed by atoms with E-state index in [1.807, 2.05) is 35.7 Å². The molecule has 3 heterocycles. The van der Waals surface area contributed by atoms with Crippen LogP contribution in [-0.2, 0) is 14.8 Å². The predicted octanol–water partition coefficient (Wildman–Crippen LogP) is 6.58. The van der Waals surface area contributed by atoms with E-state index in [9.17, 15) is 13.2 Å². The number of hydrogen-bond acceptors (Lipinski definition) is 7. The van der Waals surface area contributed by atoms with Gasteiger partial charge in [0.05, 0.1) is 22.8 Å². The lowest BCUT2D eigenvalue weighted by molar-refractivity contribution is 0.0526. The molecule has 1 aliphatic rings. The van der Waals surface area contributed by atoms with Crippen LogP contribution in [0.2, 0.25) is 0 Å². The highest BCUT2D eigenvalue weighted by molar-refractivity contribution is 7.89. The smallest absolute Gasteiger partial charge is 0.338 e. The number of sulfonamides is 1. The Kier molecular flexibility index (Phi) is 7.52. The molecule has 4 aromatic rings. The summed E-state index contributed by atoms with van der Waals surface area (Å²) in [5.74, 6) is 1.60. The summed E-state index contributed by atoms with van der Waals surface area (Å²) >= 11 is 1.43. The third-order valence-corrected chi connectivity index (χ3v) is 9.29. The first-order valence-electron chi connectivity index (χ1n) is 12.7. The molecule has 5 rings (SSSR count). The average Bonchev–Trinajstić information content (AvgIpc) is 3.59. The molecule has 0 radical (unpaired) electrons. The van der Waals surface area contributed by atoms with Crippen molar-refractivity contribution in [1.29, 1.82) is 0 Å². The van der Waals surface area contributed by atoms with Crippen LogP contribution in [0.5, 0.6) is 0 Å². The summed E-state index contributed by atoms with van der Waals surface area (Å²) in [6, 6.07) is 17.8. The van der Waals surface area contributed by atoms with E-state index in [4.69, 9.17) is 14.1 Å². The van der Waals surface area contributed by atoms with E-state index in [2.05, 4.69) is 13.8 Å². The molecule has 2 aromatic carbocycles. The highest BCUT2D eigenvalue weighted by Gasteiger charge is 2.31. The van der Waals surface area contributed by atoms with Crippen molar-refractivity contribution in [2.75, 3.05) is 19.7 Å². The number of furan rings is 1. The SMILES string of the molecule is CCOC(=O)c1ccc(-c2ccc(-c3nc(-c4cccc(S(=O)(=O)N5CC(C)CC(C)C5)c4)cs3)o2)cc1. The molecule has 0 bridgehead atoms. The topological polar surface area (TPSA) is 89.7 Å². The van der Waals surface area contributed by atoms with Crippen LogP contribution in [0, 0.1) is 11.8 Å². The van der Waals surface area contributed by atoms with Crippen molar-refractivity contribution in [1.82, 2.24) is 9.29 Å². The fourth-order valence-electron chi connectivity index (χ4n) is 4.88. The Morgan fingerprint density at radius 3 is 2.45 bits per heavy atom. The van der Waals surface area contributed by atoms with Crippen molar-refractivity contribution in [3.05, 3.63) is 71.6 Å². The Morgan fingerprint density at radius 1 is 1.03 bits per heavy atom. The molecule has 38 heavy (non-hydrogen) atoms. The van der Waals surface area contributed by atoms with E-state index in [1.165, 1.54) is 11.3 Å². The second-order valence-electron chi connectivity index (χ2n) is 9.80. The number of ether oxygens (including phenoxy) is 1. The summed E-state index contributed by atoms with van der Waals surface area (Å²) in [6.07, 6.45) is 1.04. The van der Waals surface area contributed by atoms with Gasteiger partial charge in [-0.05, 0) is 61.6 Å². The summed E-state index contributed by atoms with van der Waals surface area (Å²) in [5.41, 5.74) is 2.76. The molecule has 1 saturated heterocycles. The number of rotatable bonds is 7. The van der Waals surface area contributed by atoms with E-state index < -0.39 is 10.0 Å². The highest BCUT2D eigenvalue weighted by Crippen LogP contribution is 2.34. The average molecular weight is 551 g/mol. The number of thiazole rings is 1. The Balaban J connectivity index is 1.35. The standard InChI is InChI=1S/C29H30N2O5S2/c1-4-35-29(32)22-10-8-21(9-11-22)26-12-13-27(36-26)28-30-25(18-37-28)23-6-5-7-24(15-23)38(33,34)31-16-19(2)14-20(3)17-31/h5-13,15,18-20H,4,14,16-17H2,1-3H3. The lowest BCUT2D eigenvalue weighted by Crippen LogP contribution is -2.42. The Morgan fingerprint density at radius 2 is 1.74 bits per heavy atom. The molecule has 0 amide bonds. The van der Waals surface area contributed by atoms with Gasteiger partial charge in [0, 0.05) is 29.6 Å². The van der Waals surface area contributed by atoms with Crippen molar-refractivity contribution in [2.45, 2.75) is 32.1 Å². The third kappa shape index (κ3) is 5.45. The minimum absolute atomic E-state index is 0.289. The van der Waals surface area contributed by atoms with Gasteiger partial charge in [-0.15, -0.1) is 11.3 Å². The van der Waals surface area contributed by atoms with Gasteiger partial charge in [-0.3, -0.25) is 0 Å². The molecule has 1 fully saturated rings. The number of piperidine rings is 1. The van der Waals surface area contributed by atoms with E-state index in [0.717, 1.165) is 17.5 Å². The maximum absolute atomic E-state index is 13.4. The van der Waals surface area contributed by atoms with Gasteiger partial charge in [-0.2, -0.15) is 4.31 Å². The number of aromatic nitrogens is 1. The summed E-state index contributed by atoms with van der Waals surface area (Å²) < 4.78 is 39.5. The van der Waals surface area contributed by atoms with E-state index >= 15 is 0 Å². The fraction of sp³-hybridized carbons (Fsp3) is 0.310. The van der Waals surface area contributed by atoms with Crippen LogP contribution in [0.3, 0.4) is 0 Å². The van der Waals surface area contributed by atoms with Gasteiger partial charge in [0.25, 0.3) is 0 Å². The number of nitrogens with zero attached hydrogens (tertiary/aromatic N) is 2. The van der Waals surface area contributed by atoms with Crippen molar-refractivity contribution >= 4 is 27.3 Å². The molecule has 0 aliphatic carbocycles. The van der Waals surface area contributed by atoms with E-state index in [-0.39, 0.29) is 10.9 Å². The molecule has 7 nitrogen and oxygen atoms in total. The molecular formula is C29H30N2O5S2. The monoisotopic (exact) mass is 550 g/mol. The van der Waals surface area contributed by atoms with Crippen LogP contribution in [0.4, 0.5) is 0 Å². The molecule has 2 atom stereocenters. The van der Waals surface area contributed by atoms with Gasteiger partial charge in [0.15, 0.2) is 10.8 Å². The molecule has 0 N–H and O–H groups in total. The molecule has 0 spiro atoms. The first-order chi connectivity index (χ1) is 18.2. The van der Waals surface area contributed by atoms with Gasteiger partial charge < -0.3 is 9.15 Å². The molecule has 9 heteroatoms. The molecule has 2 aromatic heterocycles. The second-order valence-corrected chi connectivity index (χ2v) is 12.6. The predicted molar refractivity (Wildman–Crippen MR) is 148 cm³/mol. The van der Waals surface area contributed by atoms with E-state index in [0.29, 0.717) is 59.3 Å². The van der Waals surface area contributed by atoms with Crippen molar-refractivity contribution < 1.29 is 22.4 Å². The van der Waals surface area contributed by atoms with Gasteiger partial charge in [-0.25, -0.2) is 18.2 Å². The molecular weight excluding hydrogens is 520 g/mol. The first-order valence-corrected chi connectivity index (χ1v) is 15.0. The van der Waals surface area contributed by atoms with Gasteiger partial charge in [0.2, 0.25) is 10.0 Å². The van der Waals surface area contributed by atoms with E-state index in [1.54, 1.807) is 41.6 Å². The van der Waals surface area contributed by atoms with Crippen LogP contribution in [0.1, 0.15) is 37.6 Å². The van der Waals surface area contributed by atoms with Crippen LogP contribution in [0.25, 0.3) is 33.3 Å². The maximum Gasteiger partial charge on any atom is 0.338 e. The number of benzene rings is 2. The fourth-order valence-corrected chi connectivity index (χ4v) is 7.39. The second kappa shape index (κ2) is 10.8. The number of carbonyl (C=O) groups is 1. The van der Waals surface area contributed by atoms with Gasteiger partial charge in [0.1, 0.15) is 5.76 Å². The van der Waals surface area contributed by atoms with Crippen LogP contribution < -0.4 is 0 Å². The van der Waals surface area contributed by atoms with Crippen molar-refractivity contribution in [2.24, 2.45) is 11.8 Å². The third-order valence-electron chi connectivity index (χ3n) is 6.60. The van der Waals surface area contributed by atoms with Gasteiger partial charge in [-0.1, -0.05) is 38.1 Å². The number of hydrogen-bond donors (Lipinski definition) is 0. The molecule has 2 unspecified atom stereocenters. The summed E-state index contributed by atoms with van der Waals surface area (Å²) in [6.45, 7) is 7.40. The van der Waals surface area contributed by atoms with Crippen LogP contribution in [-0.4, -0.2) is 43.4 Å². The lowest BCUT2D eigenvalue weighted by atomic mass is 9.94. The highest BCUT2D eigenvalue weighted by atomic mass is 32.2. The minimum atomic E-state index is -3.58. The van der Waals surface area contributed by atoms with Crippen LogP contribution >= 0.6 is 11.3 Å². The maximum atomic E-state index is 13.4. The van der Waals surface area contributed by atoms with Crippen molar-refractivity contribution in [3.63, 3.8) is 0 Å². The normalized spacial score (nSPS) is 18.4. The van der Waals surface area contributed by atoms with Crippen LogP contribution in [0.15, 0.2) is 75.4 Å². The summed E-state index contributed by atoms with van der Waals surface area (Å²) in [4.78, 5) is 16.9. The molecule has 1 aliphatic heterocycles. The summed E-state index contributed by atoms with van der Waals surface area (Å²) in [5, 5.41) is 2.60. The quantitative estimate of drug-likeness (QED) is 0.242. The first kappa shape index (κ1) is 26.3.